The van der Waals surface area contributed by atoms with Crippen LogP contribution in [0.1, 0.15) is 25.3 Å². The molecule has 2 aliphatic heterocycles. The van der Waals surface area contributed by atoms with Crippen LogP contribution in [0.4, 0.5) is 5.69 Å². The Morgan fingerprint density at radius 3 is 3.07 bits per heavy atom. The van der Waals surface area contributed by atoms with Crippen molar-refractivity contribution in [3.05, 3.63) is 29.8 Å². The largest absolute Gasteiger partial charge is 0.388 e. The van der Waals surface area contributed by atoms with Crippen LogP contribution < -0.4 is 4.90 Å². The molecule has 0 amide bonds. The van der Waals surface area contributed by atoms with E-state index in [1.165, 1.54) is 11.3 Å². The summed E-state index contributed by atoms with van der Waals surface area (Å²) in [5, 5.41) is 10.4. The lowest BCUT2D eigenvalue weighted by Crippen LogP contribution is -2.53. The molecular formula is C13H17NO. The summed E-state index contributed by atoms with van der Waals surface area (Å²) >= 11 is 0. The fraction of sp³-hybridized carbons (Fsp3) is 0.538. The van der Waals surface area contributed by atoms with Crippen molar-refractivity contribution in [2.75, 3.05) is 11.4 Å². The van der Waals surface area contributed by atoms with Crippen molar-refractivity contribution in [3.8, 4) is 0 Å². The number of para-hydroxylation sites is 1. The van der Waals surface area contributed by atoms with E-state index in [0.717, 1.165) is 25.8 Å². The summed E-state index contributed by atoms with van der Waals surface area (Å²) in [6, 6.07) is 8.83. The maximum atomic E-state index is 10.4. The van der Waals surface area contributed by atoms with Gasteiger partial charge in [0.15, 0.2) is 0 Å². The molecule has 1 saturated heterocycles. The summed E-state index contributed by atoms with van der Waals surface area (Å²) in [7, 11) is 0. The number of hydrogen-bond donors (Lipinski definition) is 1. The van der Waals surface area contributed by atoms with E-state index in [2.05, 4.69) is 29.2 Å². The Bertz CT molecular complexity index is 386. The zero-order valence-electron chi connectivity index (χ0n) is 9.11. The zero-order chi connectivity index (χ0) is 10.5. The molecule has 0 aliphatic carbocycles. The van der Waals surface area contributed by atoms with Crippen molar-refractivity contribution >= 4 is 5.69 Å². The van der Waals surface area contributed by atoms with Crippen LogP contribution in [-0.4, -0.2) is 23.3 Å². The summed E-state index contributed by atoms with van der Waals surface area (Å²) in [6.45, 7) is 3.08. The molecule has 1 aromatic carbocycles. The van der Waals surface area contributed by atoms with Gasteiger partial charge in [0.1, 0.15) is 0 Å². The number of piperidine rings is 1. The first kappa shape index (κ1) is 9.22. The van der Waals surface area contributed by atoms with Crippen molar-refractivity contribution in [1.29, 1.82) is 0 Å². The smallest absolute Gasteiger partial charge is 0.0825 e. The lowest BCUT2D eigenvalue weighted by Gasteiger charge is -2.42. The second-order valence-corrected chi connectivity index (χ2v) is 5.00. The Morgan fingerprint density at radius 1 is 1.40 bits per heavy atom. The van der Waals surface area contributed by atoms with Gasteiger partial charge in [0.2, 0.25) is 0 Å². The van der Waals surface area contributed by atoms with E-state index in [0.29, 0.717) is 6.04 Å². The third kappa shape index (κ3) is 1.28. The van der Waals surface area contributed by atoms with Crippen molar-refractivity contribution in [1.82, 2.24) is 0 Å². The molecule has 0 bridgehead atoms. The molecule has 1 fully saturated rings. The molecule has 2 nitrogen and oxygen atoms in total. The van der Waals surface area contributed by atoms with E-state index in [-0.39, 0.29) is 0 Å². The minimum Gasteiger partial charge on any atom is -0.388 e. The van der Waals surface area contributed by atoms with Gasteiger partial charge >= 0.3 is 0 Å². The summed E-state index contributed by atoms with van der Waals surface area (Å²) < 4.78 is 0. The first-order valence-electron chi connectivity index (χ1n) is 5.75. The van der Waals surface area contributed by atoms with Gasteiger partial charge in [0.25, 0.3) is 0 Å². The Morgan fingerprint density at radius 2 is 2.20 bits per heavy atom. The summed E-state index contributed by atoms with van der Waals surface area (Å²) in [5.74, 6) is 0. The van der Waals surface area contributed by atoms with Crippen molar-refractivity contribution in [2.24, 2.45) is 0 Å². The Kier molecular flexibility index (Phi) is 1.84. The fourth-order valence-corrected chi connectivity index (χ4v) is 3.06. The van der Waals surface area contributed by atoms with Crippen LogP contribution in [-0.2, 0) is 6.42 Å². The first-order chi connectivity index (χ1) is 7.18. The van der Waals surface area contributed by atoms with Gasteiger partial charge in [0, 0.05) is 12.2 Å². The first-order valence-corrected chi connectivity index (χ1v) is 5.75. The van der Waals surface area contributed by atoms with Gasteiger partial charge in [-0.1, -0.05) is 18.2 Å². The Hall–Kier alpha value is -1.02. The van der Waals surface area contributed by atoms with Crippen LogP contribution in [0.5, 0.6) is 0 Å². The molecule has 0 spiro atoms. The molecule has 0 saturated carbocycles. The highest BCUT2D eigenvalue weighted by Gasteiger charge is 2.43. The van der Waals surface area contributed by atoms with Crippen molar-refractivity contribution in [3.63, 3.8) is 0 Å². The molecular weight excluding hydrogens is 186 g/mol. The third-order valence-electron chi connectivity index (χ3n) is 3.89. The highest BCUT2D eigenvalue weighted by Crippen LogP contribution is 2.40. The van der Waals surface area contributed by atoms with E-state index in [9.17, 15) is 5.11 Å². The Balaban J connectivity index is 2.02. The Labute approximate surface area is 90.5 Å². The number of nitrogens with zero attached hydrogens (tertiary/aromatic N) is 1. The average Bonchev–Trinajstić information content (AvgIpc) is 2.58. The predicted molar refractivity (Wildman–Crippen MR) is 61.1 cm³/mol. The lowest BCUT2D eigenvalue weighted by molar-refractivity contribution is 0.0103. The van der Waals surface area contributed by atoms with Crippen molar-refractivity contribution in [2.45, 2.75) is 37.8 Å². The van der Waals surface area contributed by atoms with Crippen LogP contribution in [0.15, 0.2) is 24.3 Å². The monoisotopic (exact) mass is 203 g/mol. The number of anilines is 1. The summed E-state index contributed by atoms with van der Waals surface area (Å²) in [6.07, 6.45) is 3.03. The van der Waals surface area contributed by atoms with E-state index in [1.54, 1.807) is 0 Å². The number of hydrogen-bond acceptors (Lipinski definition) is 2. The van der Waals surface area contributed by atoms with Gasteiger partial charge in [-0.3, -0.25) is 0 Å². The number of aliphatic hydroxyl groups is 1. The molecule has 2 heteroatoms. The summed E-state index contributed by atoms with van der Waals surface area (Å²) in [4.78, 5) is 2.39. The quantitative estimate of drug-likeness (QED) is 0.696. The molecule has 0 radical (unpaired) electrons. The van der Waals surface area contributed by atoms with Gasteiger partial charge in [-0.25, -0.2) is 0 Å². The number of rotatable bonds is 0. The lowest BCUT2D eigenvalue weighted by atomic mass is 9.85. The molecule has 0 aromatic heterocycles. The minimum atomic E-state index is -0.517. The summed E-state index contributed by atoms with van der Waals surface area (Å²) in [5.41, 5.74) is 2.21. The van der Waals surface area contributed by atoms with E-state index in [1.807, 2.05) is 6.92 Å². The molecule has 1 N–H and O–H groups in total. The predicted octanol–water partition coefficient (Wildman–Crippen LogP) is 1.96. The van der Waals surface area contributed by atoms with Gasteiger partial charge in [-0.2, -0.15) is 0 Å². The standard InChI is InChI=1S/C13H17NO/c1-13(15)7-4-8-14-11-6-3-2-5-10(11)9-12(13)14/h2-3,5-6,12,15H,4,7-9H2,1H3/t12-,13+/m0/s1. The van der Waals surface area contributed by atoms with Gasteiger partial charge in [-0.15, -0.1) is 0 Å². The van der Waals surface area contributed by atoms with E-state index < -0.39 is 5.60 Å². The molecule has 1 aromatic rings. The van der Waals surface area contributed by atoms with Crippen LogP contribution >= 0.6 is 0 Å². The SMILES string of the molecule is C[C@@]1(O)CCCN2c3ccccc3C[C@H]21. The van der Waals surface area contributed by atoms with Gasteiger partial charge in [-0.05, 0) is 37.8 Å². The van der Waals surface area contributed by atoms with Crippen LogP contribution in [0, 0.1) is 0 Å². The normalized spacial score (nSPS) is 33.7. The average molecular weight is 203 g/mol. The molecule has 3 rings (SSSR count). The molecule has 2 heterocycles. The maximum absolute atomic E-state index is 10.4. The third-order valence-corrected chi connectivity index (χ3v) is 3.89. The van der Waals surface area contributed by atoms with E-state index >= 15 is 0 Å². The minimum absolute atomic E-state index is 0.295. The molecule has 80 valence electrons. The maximum Gasteiger partial charge on any atom is 0.0825 e. The second-order valence-electron chi connectivity index (χ2n) is 5.00. The molecule has 2 aliphatic rings. The van der Waals surface area contributed by atoms with Gasteiger partial charge in [0.05, 0.1) is 11.6 Å². The van der Waals surface area contributed by atoms with E-state index in [4.69, 9.17) is 0 Å². The van der Waals surface area contributed by atoms with Crippen LogP contribution in [0.25, 0.3) is 0 Å². The fourth-order valence-electron chi connectivity index (χ4n) is 3.06. The topological polar surface area (TPSA) is 23.5 Å². The highest BCUT2D eigenvalue weighted by atomic mass is 16.3. The molecule has 0 unspecified atom stereocenters. The van der Waals surface area contributed by atoms with Gasteiger partial charge < -0.3 is 10.0 Å². The van der Waals surface area contributed by atoms with Crippen LogP contribution in [0.2, 0.25) is 0 Å². The highest BCUT2D eigenvalue weighted by molar-refractivity contribution is 5.60. The number of fused-ring (bicyclic) bond motifs is 3. The number of benzene rings is 1. The second kappa shape index (κ2) is 2.99. The molecule has 2 atom stereocenters. The molecule has 15 heavy (non-hydrogen) atoms. The van der Waals surface area contributed by atoms with Crippen molar-refractivity contribution < 1.29 is 5.11 Å². The zero-order valence-corrected chi connectivity index (χ0v) is 9.11. The van der Waals surface area contributed by atoms with Crippen LogP contribution in [0.3, 0.4) is 0 Å².